The Balaban J connectivity index is 2.34. The Labute approximate surface area is 132 Å². The Hall–Kier alpha value is -1.85. The van der Waals surface area contributed by atoms with Crippen LogP contribution < -0.4 is 10.1 Å². The molecule has 0 saturated carbocycles. The molecule has 2 aromatic rings. The zero-order valence-electron chi connectivity index (χ0n) is 11.7. The molecule has 21 heavy (non-hydrogen) atoms. The molecule has 0 aliphatic rings. The van der Waals surface area contributed by atoms with Crippen molar-refractivity contribution >= 4 is 34.8 Å². The number of carbonyl (C=O) groups is 1. The highest BCUT2D eigenvalue weighted by Crippen LogP contribution is 2.29. The lowest BCUT2D eigenvalue weighted by atomic mass is 10.1. The van der Waals surface area contributed by atoms with Crippen LogP contribution >= 0.6 is 23.2 Å². The maximum absolute atomic E-state index is 12.3. The van der Waals surface area contributed by atoms with Crippen molar-refractivity contribution in [2.24, 2.45) is 0 Å². The van der Waals surface area contributed by atoms with Crippen molar-refractivity contribution in [3.05, 3.63) is 45.2 Å². The summed E-state index contributed by atoms with van der Waals surface area (Å²) in [5.41, 5.74) is 2.61. The van der Waals surface area contributed by atoms with Crippen molar-refractivity contribution in [3.63, 3.8) is 0 Å². The molecule has 0 saturated heterocycles. The second-order valence-electron chi connectivity index (χ2n) is 4.41. The van der Waals surface area contributed by atoms with Crippen molar-refractivity contribution < 1.29 is 9.53 Å². The number of amides is 1. The molecule has 5 nitrogen and oxygen atoms in total. The van der Waals surface area contributed by atoms with Gasteiger partial charge in [-0.25, -0.2) is 0 Å². The van der Waals surface area contributed by atoms with E-state index >= 15 is 0 Å². The summed E-state index contributed by atoms with van der Waals surface area (Å²) < 4.78 is 5.33. The molecule has 0 aliphatic carbocycles. The molecule has 1 heterocycles. The van der Waals surface area contributed by atoms with Gasteiger partial charge in [0.05, 0.1) is 12.7 Å². The Kier molecular flexibility index (Phi) is 4.65. The van der Waals surface area contributed by atoms with Crippen LogP contribution in [0.2, 0.25) is 10.3 Å². The number of methoxy groups -OCH3 is 1. The van der Waals surface area contributed by atoms with E-state index in [0.717, 1.165) is 16.9 Å². The number of benzene rings is 1. The molecule has 0 atom stereocenters. The molecule has 0 spiro atoms. The summed E-state index contributed by atoms with van der Waals surface area (Å²) >= 11 is 11.6. The van der Waals surface area contributed by atoms with Crippen LogP contribution in [0.25, 0.3) is 0 Å². The van der Waals surface area contributed by atoms with Crippen LogP contribution in [0.4, 0.5) is 5.69 Å². The highest BCUT2D eigenvalue weighted by Gasteiger charge is 2.16. The predicted molar refractivity (Wildman–Crippen MR) is 82.5 cm³/mol. The first-order valence-corrected chi connectivity index (χ1v) is 6.84. The summed E-state index contributed by atoms with van der Waals surface area (Å²) in [6.07, 6.45) is 0. The number of anilines is 1. The van der Waals surface area contributed by atoms with E-state index in [2.05, 4.69) is 15.5 Å². The highest BCUT2D eigenvalue weighted by molar-refractivity contribution is 6.34. The minimum atomic E-state index is -0.411. The number of aryl methyl sites for hydroxylation is 1. The van der Waals surface area contributed by atoms with E-state index in [4.69, 9.17) is 27.9 Å². The molecule has 1 aromatic heterocycles. The first-order chi connectivity index (χ1) is 9.93. The van der Waals surface area contributed by atoms with Gasteiger partial charge in [-0.2, -0.15) is 0 Å². The fraction of sp³-hybridized carbons (Fsp3) is 0.214. The molecule has 110 valence electrons. The molecule has 0 bridgehead atoms. The van der Waals surface area contributed by atoms with Gasteiger partial charge in [0, 0.05) is 11.3 Å². The normalized spacial score (nSPS) is 10.3. The van der Waals surface area contributed by atoms with Gasteiger partial charge in [-0.15, -0.1) is 10.2 Å². The lowest BCUT2D eigenvalue weighted by Gasteiger charge is -2.14. The van der Waals surface area contributed by atoms with Gasteiger partial charge in [-0.1, -0.05) is 29.3 Å². The van der Waals surface area contributed by atoms with Gasteiger partial charge >= 0.3 is 0 Å². The zero-order valence-corrected chi connectivity index (χ0v) is 13.2. The van der Waals surface area contributed by atoms with Gasteiger partial charge < -0.3 is 10.1 Å². The molecule has 1 aromatic carbocycles. The highest BCUT2D eigenvalue weighted by atomic mass is 35.5. The summed E-state index contributed by atoms with van der Waals surface area (Å²) in [7, 11) is 1.59. The maximum atomic E-state index is 12.3. The van der Waals surface area contributed by atoms with Gasteiger partial charge in [0.2, 0.25) is 0 Å². The van der Waals surface area contributed by atoms with Crippen molar-refractivity contribution in [1.29, 1.82) is 0 Å². The molecule has 1 amide bonds. The molecule has 0 aliphatic heterocycles. The molecular formula is C14H13Cl2N3O2. The molecule has 0 fully saturated rings. The van der Waals surface area contributed by atoms with E-state index < -0.39 is 5.91 Å². The van der Waals surface area contributed by atoms with E-state index in [1.807, 2.05) is 19.9 Å². The third-order valence-corrected chi connectivity index (χ3v) is 3.48. The fourth-order valence-corrected chi connectivity index (χ4v) is 2.30. The first kappa shape index (κ1) is 15.5. The third kappa shape index (κ3) is 3.25. The molecule has 1 N–H and O–H groups in total. The monoisotopic (exact) mass is 325 g/mol. The topological polar surface area (TPSA) is 64.1 Å². The van der Waals surface area contributed by atoms with Crippen LogP contribution in [0.3, 0.4) is 0 Å². The van der Waals surface area contributed by atoms with Crippen LogP contribution in [0.15, 0.2) is 18.2 Å². The quantitative estimate of drug-likeness (QED) is 0.935. The predicted octanol–water partition coefficient (Wildman–Crippen LogP) is 3.66. The van der Waals surface area contributed by atoms with Crippen LogP contribution in [0, 0.1) is 13.8 Å². The zero-order chi connectivity index (χ0) is 15.6. The van der Waals surface area contributed by atoms with E-state index in [1.54, 1.807) is 13.2 Å². The summed E-state index contributed by atoms with van der Waals surface area (Å²) in [6.45, 7) is 3.79. The molecule has 7 heteroatoms. The molecular weight excluding hydrogens is 313 g/mol. The average Bonchev–Trinajstić information content (AvgIpc) is 2.45. The van der Waals surface area contributed by atoms with Crippen molar-refractivity contribution in [1.82, 2.24) is 10.2 Å². The number of rotatable bonds is 3. The van der Waals surface area contributed by atoms with Crippen LogP contribution in [0.1, 0.15) is 21.5 Å². The Morgan fingerprint density at radius 2 is 1.95 bits per heavy atom. The molecule has 0 radical (unpaired) electrons. The van der Waals surface area contributed by atoms with Crippen molar-refractivity contribution in [3.8, 4) is 5.75 Å². The van der Waals surface area contributed by atoms with Gasteiger partial charge in [-0.3, -0.25) is 4.79 Å². The lowest BCUT2D eigenvalue weighted by Crippen LogP contribution is -2.14. The second-order valence-corrected chi connectivity index (χ2v) is 5.16. The van der Waals surface area contributed by atoms with E-state index in [9.17, 15) is 4.79 Å². The first-order valence-electron chi connectivity index (χ1n) is 6.08. The fourth-order valence-electron chi connectivity index (χ4n) is 1.98. The number of hydrogen-bond donors (Lipinski definition) is 1. The Morgan fingerprint density at radius 1 is 1.24 bits per heavy atom. The standard InChI is InChI=1S/C14H13Cl2N3O2/c1-7-4-5-10(8(2)12(7)21-3)17-14(20)9-6-11(15)18-19-13(9)16/h4-6H,1-3H3,(H,17,20). The molecule has 0 unspecified atom stereocenters. The lowest BCUT2D eigenvalue weighted by molar-refractivity contribution is 0.102. The smallest absolute Gasteiger partial charge is 0.258 e. The van der Waals surface area contributed by atoms with Crippen LogP contribution in [-0.4, -0.2) is 23.2 Å². The summed E-state index contributed by atoms with van der Waals surface area (Å²) in [5, 5.41) is 10.0. The minimum Gasteiger partial charge on any atom is -0.496 e. The number of halogens is 2. The van der Waals surface area contributed by atoms with Crippen molar-refractivity contribution in [2.75, 3.05) is 12.4 Å². The number of nitrogens with one attached hydrogen (secondary N) is 1. The summed E-state index contributed by atoms with van der Waals surface area (Å²) in [4.78, 5) is 12.3. The summed E-state index contributed by atoms with van der Waals surface area (Å²) in [6, 6.07) is 5.03. The van der Waals surface area contributed by atoms with E-state index in [0.29, 0.717) is 5.69 Å². The number of carbonyl (C=O) groups excluding carboxylic acids is 1. The van der Waals surface area contributed by atoms with Crippen molar-refractivity contribution in [2.45, 2.75) is 13.8 Å². The second kappa shape index (κ2) is 6.28. The number of ether oxygens (including phenoxy) is 1. The average molecular weight is 326 g/mol. The minimum absolute atomic E-state index is 0.00590. The van der Waals surface area contributed by atoms with Crippen LogP contribution in [0.5, 0.6) is 5.75 Å². The van der Waals surface area contributed by atoms with E-state index in [1.165, 1.54) is 6.07 Å². The Bertz CT molecular complexity index is 705. The van der Waals surface area contributed by atoms with E-state index in [-0.39, 0.29) is 15.9 Å². The Morgan fingerprint density at radius 3 is 2.62 bits per heavy atom. The maximum Gasteiger partial charge on any atom is 0.258 e. The summed E-state index contributed by atoms with van der Waals surface area (Å²) in [5.74, 6) is 0.315. The number of aromatic nitrogens is 2. The largest absolute Gasteiger partial charge is 0.496 e. The number of nitrogens with zero attached hydrogens (tertiary/aromatic N) is 2. The SMILES string of the molecule is COc1c(C)ccc(NC(=O)c2cc(Cl)nnc2Cl)c1C. The van der Waals surface area contributed by atoms with Gasteiger partial charge in [-0.05, 0) is 31.5 Å². The number of hydrogen-bond acceptors (Lipinski definition) is 4. The van der Waals surface area contributed by atoms with Gasteiger partial charge in [0.25, 0.3) is 5.91 Å². The van der Waals surface area contributed by atoms with Crippen LogP contribution in [-0.2, 0) is 0 Å². The third-order valence-electron chi connectivity index (χ3n) is 3.02. The van der Waals surface area contributed by atoms with Gasteiger partial charge in [0.1, 0.15) is 5.75 Å². The van der Waals surface area contributed by atoms with Gasteiger partial charge in [0.15, 0.2) is 10.3 Å². The molecule has 2 rings (SSSR count).